The van der Waals surface area contributed by atoms with E-state index < -0.39 is 0 Å². The fourth-order valence-electron chi connectivity index (χ4n) is 1.86. The molecule has 0 radical (unpaired) electrons. The number of carbonyl (C=O) groups is 1. The van der Waals surface area contributed by atoms with E-state index in [1.54, 1.807) is 6.07 Å². The molecular weight excluding hydrogens is 302 g/mol. The zero-order valence-corrected chi connectivity index (χ0v) is 12.9. The molecule has 1 aliphatic carbocycles. The maximum atomic E-state index is 12.0. The van der Waals surface area contributed by atoms with Crippen LogP contribution < -0.4 is 16.0 Å². The maximum Gasteiger partial charge on any atom is 0.265 e. The number of anilines is 2. The van der Waals surface area contributed by atoms with Gasteiger partial charge in [0.1, 0.15) is 0 Å². The number of amides is 1. The van der Waals surface area contributed by atoms with E-state index in [0.29, 0.717) is 16.0 Å². The Labute approximate surface area is 132 Å². The Morgan fingerprint density at radius 1 is 1.14 bits per heavy atom. The number of thiocarbonyl (C=S) groups is 1. The molecule has 1 aromatic heterocycles. The predicted molar refractivity (Wildman–Crippen MR) is 91.1 cm³/mol. The van der Waals surface area contributed by atoms with Gasteiger partial charge in [-0.25, -0.2) is 0 Å². The standard InChI is InChI=1S/C15H15N3OS2/c19-14(13-5-2-8-21-13)16-11-3-1-4-12(9-11)18-15(20)17-10-6-7-10/h1-5,8-10H,6-7H2,(H,16,19)(H2,17,18,20). The molecule has 2 aromatic rings. The molecule has 0 aliphatic heterocycles. The highest BCUT2D eigenvalue weighted by molar-refractivity contribution is 7.80. The van der Waals surface area contributed by atoms with Crippen molar-refractivity contribution in [2.45, 2.75) is 18.9 Å². The van der Waals surface area contributed by atoms with E-state index >= 15 is 0 Å². The van der Waals surface area contributed by atoms with E-state index in [1.807, 2.05) is 35.7 Å². The number of thiophene rings is 1. The van der Waals surface area contributed by atoms with E-state index in [4.69, 9.17) is 12.2 Å². The van der Waals surface area contributed by atoms with Crippen LogP contribution in [0.4, 0.5) is 11.4 Å². The monoisotopic (exact) mass is 317 g/mol. The van der Waals surface area contributed by atoms with E-state index in [2.05, 4.69) is 16.0 Å². The lowest BCUT2D eigenvalue weighted by molar-refractivity contribution is 0.103. The van der Waals surface area contributed by atoms with Gasteiger partial charge in [0.25, 0.3) is 5.91 Å². The summed E-state index contributed by atoms with van der Waals surface area (Å²) in [6.45, 7) is 0. The molecule has 4 nitrogen and oxygen atoms in total. The lowest BCUT2D eigenvalue weighted by Gasteiger charge is -2.11. The van der Waals surface area contributed by atoms with Crippen LogP contribution in [0.5, 0.6) is 0 Å². The molecule has 3 N–H and O–H groups in total. The molecule has 1 heterocycles. The van der Waals surface area contributed by atoms with Crippen molar-refractivity contribution < 1.29 is 4.79 Å². The van der Waals surface area contributed by atoms with Crippen molar-refractivity contribution in [1.82, 2.24) is 5.32 Å². The van der Waals surface area contributed by atoms with Crippen molar-refractivity contribution in [2.75, 3.05) is 10.6 Å². The van der Waals surface area contributed by atoms with Gasteiger partial charge in [-0.3, -0.25) is 4.79 Å². The van der Waals surface area contributed by atoms with Crippen molar-refractivity contribution in [3.63, 3.8) is 0 Å². The van der Waals surface area contributed by atoms with Gasteiger partial charge in [-0.15, -0.1) is 11.3 Å². The minimum Gasteiger partial charge on any atom is -0.360 e. The van der Waals surface area contributed by atoms with Crippen LogP contribution in [0.3, 0.4) is 0 Å². The van der Waals surface area contributed by atoms with Crippen LogP contribution in [0.2, 0.25) is 0 Å². The summed E-state index contributed by atoms with van der Waals surface area (Å²) in [6.07, 6.45) is 2.36. The fraction of sp³-hybridized carbons (Fsp3) is 0.200. The average molecular weight is 317 g/mol. The Balaban J connectivity index is 1.62. The highest BCUT2D eigenvalue weighted by atomic mass is 32.1. The Kier molecular flexibility index (Phi) is 4.17. The number of rotatable bonds is 4. The van der Waals surface area contributed by atoms with Gasteiger partial charge in [-0.2, -0.15) is 0 Å². The second-order valence-corrected chi connectivity index (χ2v) is 6.24. The predicted octanol–water partition coefficient (Wildman–Crippen LogP) is 3.45. The molecule has 1 amide bonds. The van der Waals surface area contributed by atoms with E-state index in [-0.39, 0.29) is 5.91 Å². The molecule has 1 aliphatic rings. The van der Waals surface area contributed by atoms with Crippen LogP contribution >= 0.6 is 23.6 Å². The summed E-state index contributed by atoms with van der Waals surface area (Å²) in [5, 5.41) is 11.7. The van der Waals surface area contributed by atoms with Crippen molar-refractivity contribution in [3.05, 3.63) is 46.7 Å². The second-order valence-electron chi connectivity index (χ2n) is 4.88. The first-order chi connectivity index (χ1) is 10.2. The first-order valence-corrected chi connectivity index (χ1v) is 8.02. The molecule has 3 rings (SSSR count). The number of hydrogen-bond donors (Lipinski definition) is 3. The molecule has 21 heavy (non-hydrogen) atoms. The molecule has 1 fully saturated rings. The van der Waals surface area contributed by atoms with Gasteiger partial charge in [0.05, 0.1) is 4.88 Å². The van der Waals surface area contributed by atoms with Crippen LogP contribution in [0.25, 0.3) is 0 Å². The molecule has 0 spiro atoms. The molecule has 1 aromatic carbocycles. The van der Waals surface area contributed by atoms with Gasteiger partial charge < -0.3 is 16.0 Å². The molecule has 108 valence electrons. The minimum absolute atomic E-state index is 0.0965. The summed E-state index contributed by atoms with van der Waals surface area (Å²) >= 11 is 6.66. The zero-order chi connectivity index (χ0) is 14.7. The highest BCUT2D eigenvalue weighted by Crippen LogP contribution is 2.20. The Morgan fingerprint density at radius 3 is 2.57 bits per heavy atom. The summed E-state index contributed by atoms with van der Waals surface area (Å²) in [7, 11) is 0. The van der Waals surface area contributed by atoms with Crippen LogP contribution in [0.15, 0.2) is 41.8 Å². The Bertz CT molecular complexity index is 651. The van der Waals surface area contributed by atoms with Gasteiger partial charge in [0, 0.05) is 17.4 Å². The zero-order valence-electron chi connectivity index (χ0n) is 11.3. The Hall–Kier alpha value is -1.92. The fourth-order valence-corrected chi connectivity index (χ4v) is 2.76. The molecule has 0 atom stereocenters. The maximum absolute atomic E-state index is 12.0. The third-order valence-electron chi connectivity index (χ3n) is 3.04. The molecule has 0 bridgehead atoms. The summed E-state index contributed by atoms with van der Waals surface area (Å²) < 4.78 is 0. The average Bonchev–Trinajstić information content (AvgIpc) is 3.08. The number of carbonyl (C=O) groups excluding carboxylic acids is 1. The first kappa shape index (κ1) is 14.0. The van der Waals surface area contributed by atoms with Gasteiger partial charge >= 0.3 is 0 Å². The lowest BCUT2D eigenvalue weighted by atomic mass is 10.2. The number of benzene rings is 1. The SMILES string of the molecule is O=C(Nc1cccc(NC(=S)NC2CC2)c1)c1cccs1. The van der Waals surface area contributed by atoms with Crippen LogP contribution in [-0.2, 0) is 0 Å². The smallest absolute Gasteiger partial charge is 0.265 e. The quantitative estimate of drug-likeness (QED) is 0.756. The van der Waals surface area contributed by atoms with E-state index in [0.717, 1.165) is 11.4 Å². The normalized spacial score (nSPS) is 13.5. The second kappa shape index (κ2) is 6.24. The van der Waals surface area contributed by atoms with Gasteiger partial charge in [0.2, 0.25) is 0 Å². The van der Waals surface area contributed by atoms with Crippen molar-refractivity contribution in [3.8, 4) is 0 Å². The topological polar surface area (TPSA) is 53.2 Å². The largest absolute Gasteiger partial charge is 0.360 e. The van der Waals surface area contributed by atoms with Crippen molar-refractivity contribution >= 4 is 45.9 Å². The van der Waals surface area contributed by atoms with Crippen LogP contribution in [0.1, 0.15) is 22.5 Å². The van der Waals surface area contributed by atoms with Crippen molar-refractivity contribution in [1.29, 1.82) is 0 Å². The molecule has 6 heteroatoms. The van der Waals surface area contributed by atoms with Gasteiger partial charge in [0.15, 0.2) is 5.11 Å². The van der Waals surface area contributed by atoms with Crippen LogP contribution in [-0.4, -0.2) is 17.1 Å². The molecule has 1 saturated carbocycles. The molecule has 0 unspecified atom stereocenters. The number of nitrogens with one attached hydrogen (secondary N) is 3. The third kappa shape index (κ3) is 4.03. The van der Waals surface area contributed by atoms with Gasteiger partial charge in [-0.1, -0.05) is 12.1 Å². The summed E-state index contributed by atoms with van der Waals surface area (Å²) in [5.74, 6) is -0.0965. The van der Waals surface area contributed by atoms with E-state index in [9.17, 15) is 4.79 Å². The Morgan fingerprint density at radius 2 is 1.90 bits per heavy atom. The third-order valence-corrected chi connectivity index (χ3v) is 4.12. The lowest BCUT2D eigenvalue weighted by Crippen LogP contribution is -2.30. The molecule has 0 saturated heterocycles. The van der Waals surface area contributed by atoms with E-state index in [1.165, 1.54) is 24.2 Å². The summed E-state index contributed by atoms with van der Waals surface area (Å²) in [6, 6.07) is 11.7. The molecular formula is C15H15N3OS2. The summed E-state index contributed by atoms with van der Waals surface area (Å²) in [4.78, 5) is 12.7. The highest BCUT2D eigenvalue weighted by Gasteiger charge is 2.21. The summed E-state index contributed by atoms with van der Waals surface area (Å²) in [5.41, 5.74) is 1.60. The van der Waals surface area contributed by atoms with Gasteiger partial charge in [-0.05, 0) is 54.7 Å². The van der Waals surface area contributed by atoms with Crippen LogP contribution in [0, 0.1) is 0 Å². The first-order valence-electron chi connectivity index (χ1n) is 6.73. The number of hydrogen-bond acceptors (Lipinski definition) is 3. The minimum atomic E-state index is -0.0965. The van der Waals surface area contributed by atoms with Crippen molar-refractivity contribution in [2.24, 2.45) is 0 Å².